The van der Waals surface area contributed by atoms with Gasteiger partial charge in [-0.1, -0.05) is 18.2 Å². The highest BCUT2D eigenvalue weighted by molar-refractivity contribution is 7.17. The quantitative estimate of drug-likeness (QED) is 0.389. The number of nitrogens with zero attached hydrogens (tertiary/aromatic N) is 2. The van der Waals surface area contributed by atoms with Gasteiger partial charge in [-0.3, -0.25) is 9.36 Å². The number of carbonyl (C=O) groups is 1. The van der Waals surface area contributed by atoms with Gasteiger partial charge in [-0.15, -0.1) is 11.3 Å². The molecule has 0 aliphatic rings. The van der Waals surface area contributed by atoms with Crippen molar-refractivity contribution in [1.29, 1.82) is 0 Å². The first kappa shape index (κ1) is 21.6. The minimum atomic E-state index is -0.364. The van der Waals surface area contributed by atoms with Crippen molar-refractivity contribution in [3.05, 3.63) is 75.7 Å². The molecule has 32 heavy (non-hydrogen) atoms. The van der Waals surface area contributed by atoms with Crippen LogP contribution in [0.1, 0.15) is 22.8 Å². The molecule has 0 bridgehead atoms. The number of rotatable bonds is 7. The number of aromatic nitrogens is 2. The summed E-state index contributed by atoms with van der Waals surface area (Å²) in [6.07, 6.45) is 1.55. The van der Waals surface area contributed by atoms with E-state index in [0.29, 0.717) is 40.4 Å². The zero-order chi connectivity index (χ0) is 22.7. The maximum atomic E-state index is 13.3. The van der Waals surface area contributed by atoms with E-state index in [9.17, 15) is 9.59 Å². The molecule has 0 fully saturated rings. The molecule has 0 N–H and O–H groups in total. The third-order valence-electron chi connectivity index (χ3n) is 5.07. The van der Waals surface area contributed by atoms with Crippen molar-refractivity contribution in [3.63, 3.8) is 0 Å². The van der Waals surface area contributed by atoms with Crippen LogP contribution < -0.4 is 15.0 Å². The molecule has 0 saturated heterocycles. The van der Waals surface area contributed by atoms with Gasteiger partial charge in [0, 0.05) is 10.9 Å². The molecular weight excluding hydrogens is 428 g/mol. The van der Waals surface area contributed by atoms with Crippen LogP contribution in [-0.2, 0) is 11.3 Å². The fraction of sp³-hybridized carbons (Fsp3) is 0.208. The van der Waals surface area contributed by atoms with Crippen LogP contribution in [-0.4, -0.2) is 36.3 Å². The van der Waals surface area contributed by atoms with E-state index in [1.54, 1.807) is 44.2 Å². The third kappa shape index (κ3) is 4.09. The lowest BCUT2D eigenvalue weighted by molar-refractivity contribution is 0.0526. The molecule has 2 heterocycles. The van der Waals surface area contributed by atoms with Crippen molar-refractivity contribution in [2.75, 3.05) is 20.8 Å². The van der Waals surface area contributed by atoms with E-state index < -0.39 is 0 Å². The number of benzene rings is 2. The molecule has 2 aromatic carbocycles. The van der Waals surface area contributed by atoms with Crippen molar-refractivity contribution in [1.82, 2.24) is 9.55 Å². The number of esters is 1. The summed E-state index contributed by atoms with van der Waals surface area (Å²) in [6, 6.07) is 12.6. The van der Waals surface area contributed by atoms with Crippen LogP contribution in [0.5, 0.6) is 11.5 Å². The minimum Gasteiger partial charge on any atom is -0.493 e. The van der Waals surface area contributed by atoms with Gasteiger partial charge in [0.05, 0.1) is 44.6 Å². The van der Waals surface area contributed by atoms with Gasteiger partial charge in [-0.05, 0) is 42.3 Å². The average molecular weight is 451 g/mol. The molecule has 4 aromatic rings. The number of hydrogen-bond acceptors (Lipinski definition) is 7. The topological polar surface area (TPSA) is 79.7 Å². The Morgan fingerprint density at radius 1 is 1.06 bits per heavy atom. The van der Waals surface area contributed by atoms with Gasteiger partial charge in [0.1, 0.15) is 4.83 Å². The Labute approximate surface area is 188 Å². The van der Waals surface area contributed by atoms with Gasteiger partial charge in [0.15, 0.2) is 11.5 Å². The van der Waals surface area contributed by atoms with Crippen LogP contribution in [0.15, 0.2) is 59.0 Å². The third-order valence-corrected chi connectivity index (χ3v) is 5.96. The van der Waals surface area contributed by atoms with Crippen LogP contribution in [0.4, 0.5) is 0 Å². The van der Waals surface area contributed by atoms with Gasteiger partial charge in [0.2, 0.25) is 0 Å². The second kappa shape index (κ2) is 9.23. The van der Waals surface area contributed by atoms with E-state index in [4.69, 9.17) is 14.2 Å². The highest BCUT2D eigenvalue weighted by Gasteiger charge is 2.15. The van der Waals surface area contributed by atoms with Gasteiger partial charge in [-0.25, -0.2) is 9.78 Å². The largest absolute Gasteiger partial charge is 0.493 e. The van der Waals surface area contributed by atoms with E-state index in [-0.39, 0.29) is 11.5 Å². The van der Waals surface area contributed by atoms with Gasteiger partial charge in [0.25, 0.3) is 5.56 Å². The van der Waals surface area contributed by atoms with Crippen LogP contribution >= 0.6 is 11.3 Å². The second-order valence-corrected chi connectivity index (χ2v) is 7.85. The molecule has 0 saturated carbocycles. The summed E-state index contributed by atoms with van der Waals surface area (Å²) >= 11 is 1.42. The second-order valence-electron chi connectivity index (χ2n) is 6.99. The van der Waals surface area contributed by atoms with Crippen molar-refractivity contribution < 1.29 is 19.0 Å². The predicted octanol–water partition coefficient (Wildman–Crippen LogP) is 4.37. The lowest BCUT2D eigenvalue weighted by Gasteiger charge is -2.10. The molecule has 2 aromatic heterocycles. The molecule has 164 valence electrons. The van der Waals surface area contributed by atoms with Crippen molar-refractivity contribution in [2.24, 2.45) is 0 Å². The van der Waals surface area contributed by atoms with Crippen LogP contribution in [0.3, 0.4) is 0 Å². The molecule has 0 unspecified atom stereocenters. The zero-order valence-electron chi connectivity index (χ0n) is 18.0. The summed E-state index contributed by atoms with van der Waals surface area (Å²) in [5.74, 6) is 0.852. The Balaban J connectivity index is 1.69. The number of ether oxygens (including phenoxy) is 3. The van der Waals surface area contributed by atoms with Gasteiger partial charge < -0.3 is 14.2 Å². The minimum absolute atomic E-state index is 0.129. The molecule has 8 heteroatoms. The summed E-state index contributed by atoms with van der Waals surface area (Å²) in [5, 5.41) is 2.49. The molecule has 0 spiro atoms. The number of hydrogen-bond donors (Lipinski definition) is 0. The van der Waals surface area contributed by atoms with Gasteiger partial charge >= 0.3 is 5.97 Å². The van der Waals surface area contributed by atoms with Crippen molar-refractivity contribution in [3.8, 4) is 22.6 Å². The molecule has 0 radical (unpaired) electrons. The van der Waals surface area contributed by atoms with E-state index in [2.05, 4.69) is 4.98 Å². The molecule has 0 aliphatic carbocycles. The Morgan fingerprint density at radius 2 is 1.81 bits per heavy atom. The molecule has 0 atom stereocenters. The standard InChI is InChI=1S/C24H22N2O5S/c1-4-31-24(28)16-7-5-15(6-8-16)12-26-14-25-22-21(23(26)27)18(13-32-22)17-9-10-19(29-2)20(11-17)30-3/h5-11,13-14H,4,12H2,1-3H3. The van der Waals surface area contributed by atoms with Crippen LogP contribution in [0, 0.1) is 0 Å². The van der Waals surface area contributed by atoms with E-state index >= 15 is 0 Å². The van der Waals surface area contributed by atoms with Crippen LogP contribution in [0.2, 0.25) is 0 Å². The Hall–Kier alpha value is -3.65. The number of methoxy groups -OCH3 is 2. The SMILES string of the molecule is CCOC(=O)c1ccc(Cn2cnc3scc(-c4ccc(OC)c(OC)c4)c3c2=O)cc1. The summed E-state index contributed by atoms with van der Waals surface area (Å²) < 4.78 is 17.3. The first-order valence-corrected chi connectivity index (χ1v) is 10.9. The number of carbonyl (C=O) groups excluding carboxylic acids is 1. The predicted molar refractivity (Wildman–Crippen MR) is 124 cm³/mol. The zero-order valence-corrected chi connectivity index (χ0v) is 18.8. The molecule has 0 aliphatic heterocycles. The molecule has 0 amide bonds. The lowest BCUT2D eigenvalue weighted by atomic mass is 10.1. The molecule has 7 nitrogen and oxygen atoms in total. The fourth-order valence-corrected chi connectivity index (χ4v) is 4.36. The Bertz CT molecular complexity index is 1320. The highest BCUT2D eigenvalue weighted by atomic mass is 32.1. The first-order chi connectivity index (χ1) is 15.5. The van der Waals surface area contributed by atoms with E-state index in [1.165, 1.54) is 11.3 Å². The van der Waals surface area contributed by atoms with Crippen molar-refractivity contribution in [2.45, 2.75) is 13.5 Å². The monoisotopic (exact) mass is 450 g/mol. The normalized spacial score (nSPS) is 10.8. The summed E-state index contributed by atoms with van der Waals surface area (Å²) in [5.41, 5.74) is 2.88. The number of thiophene rings is 1. The Kier molecular flexibility index (Phi) is 6.23. The molecule has 4 rings (SSSR count). The molecular formula is C24H22N2O5S. The maximum absolute atomic E-state index is 13.3. The summed E-state index contributed by atoms with van der Waals surface area (Å²) in [4.78, 5) is 30.3. The Morgan fingerprint density at radius 3 is 2.50 bits per heavy atom. The summed E-state index contributed by atoms with van der Waals surface area (Å²) in [7, 11) is 3.16. The van der Waals surface area contributed by atoms with E-state index in [0.717, 1.165) is 16.7 Å². The highest BCUT2D eigenvalue weighted by Crippen LogP contribution is 2.36. The summed E-state index contributed by atoms with van der Waals surface area (Å²) in [6.45, 7) is 2.43. The smallest absolute Gasteiger partial charge is 0.338 e. The number of fused-ring (bicyclic) bond motifs is 1. The fourth-order valence-electron chi connectivity index (χ4n) is 3.45. The average Bonchev–Trinajstić information content (AvgIpc) is 3.26. The maximum Gasteiger partial charge on any atom is 0.338 e. The van der Waals surface area contributed by atoms with Crippen LogP contribution in [0.25, 0.3) is 21.3 Å². The van der Waals surface area contributed by atoms with Crippen molar-refractivity contribution >= 4 is 27.5 Å². The van der Waals surface area contributed by atoms with Gasteiger partial charge in [-0.2, -0.15) is 0 Å². The lowest BCUT2D eigenvalue weighted by Crippen LogP contribution is -2.21. The first-order valence-electron chi connectivity index (χ1n) is 10.0. The van der Waals surface area contributed by atoms with E-state index in [1.807, 2.05) is 35.7 Å².